The molecule has 3 rings (SSSR count). The molecule has 212 valence electrons. The first kappa shape index (κ1) is 30.6. The summed E-state index contributed by atoms with van der Waals surface area (Å²) in [5.74, 6) is -0.967. The molecule has 3 aromatic rings. The summed E-state index contributed by atoms with van der Waals surface area (Å²) in [5.41, 5.74) is 0.542. The molecule has 0 aliphatic carbocycles. The van der Waals surface area contributed by atoms with Crippen molar-refractivity contribution in [3.8, 4) is 0 Å². The van der Waals surface area contributed by atoms with E-state index in [1.807, 2.05) is 6.92 Å². The van der Waals surface area contributed by atoms with E-state index in [1.165, 1.54) is 41.3 Å². The second-order valence-electron chi connectivity index (χ2n) is 8.96. The Kier molecular flexibility index (Phi) is 10.6. The highest BCUT2D eigenvalue weighted by atomic mass is 35.5. The van der Waals surface area contributed by atoms with E-state index in [4.69, 9.17) is 11.6 Å². The number of nitrogens with one attached hydrogen (secondary N) is 1. The highest BCUT2D eigenvalue weighted by molar-refractivity contribution is 7.92. The summed E-state index contributed by atoms with van der Waals surface area (Å²) in [4.78, 5) is 38.9. The van der Waals surface area contributed by atoms with E-state index in [0.29, 0.717) is 23.6 Å². The van der Waals surface area contributed by atoms with Crippen molar-refractivity contribution in [3.63, 3.8) is 0 Å². The number of benzene rings is 3. The molecule has 3 aromatic carbocycles. The molecule has 40 heavy (non-hydrogen) atoms. The van der Waals surface area contributed by atoms with Crippen molar-refractivity contribution in [2.45, 2.75) is 44.2 Å². The number of hydrogen-bond donors (Lipinski definition) is 1. The van der Waals surface area contributed by atoms with Gasteiger partial charge in [-0.3, -0.25) is 24.0 Å². The zero-order valence-corrected chi connectivity index (χ0v) is 23.8. The summed E-state index contributed by atoms with van der Waals surface area (Å²) < 4.78 is 28.4. The molecule has 0 aromatic heterocycles. The van der Waals surface area contributed by atoms with Crippen LogP contribution in [0.3, 0.4) is 0 Å². The van der Waals surface area contributed by atoms with E-state index in [0.717, 1.165) is 4.31 Å². The number of hydrogen-bond acceptors (Lipinski definition) is 6. The third-order valence-electron chi connectivity index (χ3n) is 6.16. The molecule has 1 atom stereocenters. The molecule has 2 amide bonds. The molecule has 10 nitrogen and oxygen atoms in total. The normalized spacial score (nSPS) is 11.9. The summed E-state index contributed by atoms with van der Waals surface area (Å²) >= 11 is 6.02. The number of carbonyl (C=O) groups excluding carboxylic acids is 2. The van der Waals surface area contributed by atoms with Crippen molar-refractivity contribution < 1.29 is 22.9 Å². The zero-order chi connectivity index (χ0) is 29.3. The van der Waals surface area contributed by atoms with Crippen molar-refractivity contribution >= 4 is 44.8 Å². The van der Waals surface area contributed by atoms with Crippen LogP contribution in [0.2, 0.25) is 5.02 Å². The Labute approximate surface area is 238 Å². The minimum atomic E-state index is -4.26. The molecule has 0 spiro atoms. The van der Waals surface area contributed by atoms with E-state index in [9.17, 15) is 28.1 Å². The summed E-state index contributed by atoms with van der Waals surface area (Å²) in [6.45, 7) is 3.50. The third-order valence-corrected chi connectivity index (χ3v) is 8.20. The second kappa shape index (κ2) is 13.9. The van der Waals surface area contributed by atoms with Crippen molar-refractivity contribution in [3.05, 3.63) is 99.6 Å². The number of nitro groups is 1. The molecular weight excluding hydrogens is 556 g/mol. The summed E-state index contributed by atoms with van der Waals surface area (Å²) in [6, 6.07) is 18.4. The van der Waals surface area contributed by atoms with E-state index < -0.39 is 33.4 Å². The molecule has 0 aliphatic heterocycles. The maximum Gasteiger partial charge on any atom is 0.269 e. The first-order chi connectivity index (χ1) is 19.1. The Balaban J connectivity index is 2.05. The van der Waals surface area contributed by atoms with Gasteiger partial charge >= 0.3 is 0 Å². The predicted molar refractivity (Wildman–Crippen MR) is 153 cm³/mol. The van der Waals surface area contributed by atoms with Crippen LogP contribution in [0.4, 0.5) is 11.4 Å². The summed E-state index contributed by atoms with van der Waals surface area (Å²) in [5, 5.41) is 14.5. The van der Waals surface area contributed by atoms with Gasteiger partial charge in [-0.15, -0.1) is 0 Å². The minimum Gasteiger partial charge on any atom is -0.354 e. The quantitative estimate of drug-likeness (QED) is 0.227. The average Bonchev–Trinajstić information content (AvgIpc) is 2.96. The van der Waals surface area contributed by atoms with Gasteiger partial charge in [-0.1, -0.05) is 55.8 Å². The van der Waals surface area contributed by atoms with Crippen LogP contribution in [0.15, 0.2) is 83.8 Å². The molecular formula is C28H31ClN4O6S. The van der Waals surface area contributed by atoms with Crippen molar-refractivity contribution in [1.29, 1.82) is 0 Å². The molecule has 0 aliphatic rings. The van der Waals surface area contributed by atoms with Crippen LogP contribution in [0.5, 0.6) is 0 Å². The number of carbonyl (C=O) groups is 2. The van der Waals surface area contributed by atoms with Crippen LogP contribution in [0.1, 0.15) is 32.3 Å². The SMILES string of the molecule is CCCNC(=O)[C@@H](CC)N(Cc1ccc(Cl)cc1)C(=O)CN(c1ccc([N+](=O)[O-])cc1)S(=O)(=O)c1ccccc1. The number of amides is 2. The highest BCUT2D eigenvalue weighted by Crippen LogP contribution is 2.27. The predicted octanol–water partition coefficient (Wildman–Crippen LogP) is 4.78. The fraction of sp³-hybridized carbons (Fsp3) is 0.286. The standard InChI is InChI=1S/C28H31ClN4O6S/c1-3-18-30-28(35)26(4-2)31(19-21-10-12-22(29)13-11-21)27(34)20-32(23-14-16-24(17-15-23)33(36)37)40(38,39)25-8-6-5-7-9-25/h5-17,26H,3-4,18-20H2,1-2H3,(H,30,35)/t26-/m1/s1. The van der Waals surface area contributed by atoms with Crippen LogP contribution >= 0.6 is 11.6 Å². The van der Waals surface area contributed by atoms with Gasteiger partial charge in [0.2, 0.25) is 11.8 Å². The van der Waals surface area contributed by atoms with Crippen molar-refractivity contribution in [2.24, 2.45) is 0 Å². The smallest absolute Gasteiger partial charge is 0.269 e. The molecule has 0 saturated heterocycles. The Morgan fingerprint density at radius 1 is 0.975 bits per heavy atom. The Morgan fingerprint density at radius 2 is 1.60 bits per heavy atom. The molecule has 1 N–H and O–H groups in total. The van der Waals surface area contributed by atoms with E-state index in [-0.39, 0.29) is 35.1 Å². The van der Waals surface area contributed by atoms with E-state index in [2.05, 4.69) is 5.32 Å². The molecule has 0 unspecified atom stereocenters. The van der Waals surface area contributed by atoms with Gasteiger partial charge in [0.25, 0.3) is 15.7 Å². The lowest BCUT2D eigenvalue weighted by molar-refractivity contribution is -0.384. The van der Waals surface area contributed by atoms with Crippen LogP contribution in [-0.4, -0.2) is 49.2 Å². The lowest BCUT2D eigenvalue weighted by Crippen LogP contribution is -2.52. The maximum absolute atomic E-state index is 13.9. The van der Waals surface area contributed by atoms with Crippen LogP contribution in [-0.2, 0) is 26.2 Å². The van der Waals surface area contributed by atoms with Gasteiger partial charge in [0.15, 0.2) is 0 Å². The average molecular weight is 587 g/mol. The summed E-state index contributed by atoms with van der Waals surface area (Å²) in [6.07, 6.45) is 0.994. The number of halogens is 1. The van der Waals surface area contributed by atoms with E-state index >= 15 is 0 Å². The van der Waals surface area contributed by atoms with Gasteiger partial charge in [-0.05, 0) is 54.8 Å². The fourth-order valence-electron chi connectivity index (χ4n) is 4.06. The zero-order valence-electron chi connectivity index (χ0n) is 22.2. The summed E-state index contributed by atoms with van der Waals surface area (Å²) in [7, 11) is -4.26. The van der Waals surface area contributed by atoms with E-state index in [1.54, 1.807) is 49.4 Å². The number of non-ortho nitro benzene ring substituents is 1. The number of sulfonamides is 1. The third kappa shape index (κ3) is 7.57. The lowest BCUT2D eigenvalue weighted by Gasteiger charge is -2.33. The second-order valence-corrected chi connectivity index (χ2v) is 11.3. The minimum absolute atomic E-state index is 0.0353. The van der Waals surface area contributed by atoms with Gasteiger partial charge in [0, 0.05) is 30.2 Å². The number of anilines is 1. The Hall–Kier alpha value is -3.96. The molecule has 0 heterocycles. The number of nitro benzene ring substituents is 1. The number of nitrogens with zero attached hydrogens (tertiary/aromatic N) is 3. The Bertz CT molecular complexity index is 1420. The fourth-order valence-corrected chi connectivity index (χ4v) is 5.62. The Morgan fingerprint density at radius 3 is 2.15 bits per heavy atom. The topological polar surface area (TPSA) is 130 Å². The van der Waals surface area contributed by atoms with Crippen LogP contribution in [0.25, 0.3) is 0 Å². The molecule has 12 heteroatoms. The molecule has 0 bridgehead atoms. The largest absolute Gasteiger partial charge is 0.354 e. The van der Waals surface area contributed by atoms with Crippen molar-refractivity contribution in [1.82, 2.24) is 10.2 Å². The van der Waals surface area contributed by atoms with Gasteiger partial charge in [-0.25, -0.2) is 8.42 Å². The first-order valence-corrected chi connectivity index (χ1v) is 14.5. The molecule has 0 fully saturated rings. The van der Waals surface area contributed by atoms with Gasteiger partial charge in [0.05, 0.1) is 15.5 Å². The molecule has 0 radical (unpaired) electrons. The first-order valence-electron chi connectivity index (χ1n) is 12.7. The van der Waals surface area contributed by atoms with Gasteiger partial charge in [0.1, 0.15) is 12.6 Å². The molecule has 0 saturated carbocycles. The maximum atomic E-state index is 13.9. The lowest BCUT2D eigenvalue weighted by atomic mass is 10.1. The van der Waals surface area contributed by atoms with Crippen LogP contribution < -0.4 is 9.62 Å². The van der Waals surface area contributed by atoms with Gasteiger partial charge in [-0.2, -0.15) is 0 Å². The van der Waals surface area contributed by atoms with Crippen molar-refractivity contribution in [2.75, 3.05) is 17.4 Å². The van der Waals surface area contributed by atoms with Crippen LogP contribution in [0, 0.1) is 10.1 Å². The monoisotopic (exact) mass is 586 g/mol. The number of rotatable bonds is 13. The van der Waals surface area contributed by atoms with Gasteiger partial charge < -0.3 is 10.2 Å². The highest BCUT2D eigenvalue weighted by Gasteiger charge is 2.33.